The molecule has 4 aromatic rings. The van der Waals surface area contributed by atoms with Crippen LogP contribution in [0.5, 0.6) is 11.5 Å². The molecule has 0 bridgehead atoms. The lowest BCUT2D eigenvalue weighted by molar-refractivity contribution is 0.322. The van der Waals surface area contributed by atoms with Gasteiger partial charge in [-0.05, 0) is 107 Å². The molecule has 4 nitrogen and oxygen atoms in total. The molecule has 0 atom stereocenters. The van der Waals surface area contributed by atoms with Crippen LogP contribution in [0.1, 0.15) is 33.4 Å². The Bertz CT molecular complexity index is 1250. The molecule has 0 spiro atoms. The SMILES string of the molecule is OCCSCCc1ccc(Cc2cc(O)ccc2Sc2ccc(O)cc2Cc2ccc(CCSCCO)cc2)cc1. The van der Waals surface area contributed by atoms with Crippen LogP contribution < -0.4 is 0 Å². The maximum atomic E-state index is 10.3. The minimum atomic E-state index is 0.221. The number of hydrogen-bond donors (Lipinski definition) is 4. The van der Waals surface area contributed by atoms with Crippen molar-refractivity contribution in [3.8, 4) is 11.5 Å². The second kappa shape index (κ2) is 16.8. The third kappa shape index (κ3) is 10.3. The lowest BCUT2D eigenvalue weighted by Gasteiger charge is -2.14. The fraction of sp³-hybridized carbons (Fsp3) is 0.294. The predicted octanol–water partition coefficient (Wildman–Crippen LogP) is 6.97. The second-order valence-electron chi connectivity index (χ2n) is 9.84. The molecule has 4 rings (SSSR count). The summed E-state index contributed by atoms with van der Waals surface area (Å²) in [6, 6.07) is 28.4. The number of phenolic OH excluding ortho intramolecular Hbond substituents is 2. The van der Waals surface area contributed by atoms with E-state index in [4.69, 9.17) is 10.2 Å². The van der Waals surface area contributed by atoms with Gasteiger partial charge in [0.05, 0.1) is 13.2 Å². The summed E-state index contributed by atoms with van der Waals surface area (Å²) in [5.74, 6) is 4.05. The van der Waals surface area contributed by atoms with E-state index in [1.807, 2.05) is 24.3 Å². The van der Waals surface area contributed by atoms with E-state index in [2.05, 4.69) is 48.5 Å². The molecular formula is C34H38O4S3. The van der Waals surface area contributed by atoms with E-state index in [1.54, 1.807) is 47.4 Å². The molecule has 4 aromatic carbocycles. The van der Waals surface area contributed by atoms with Gasteiger partial charge in [0.15, 0.2) is 0 Å². The zero-order chi connectivity index (χ0) is 28.9. The number of rotatable bonds is 16. The molecular weight excluding hydrogens is 569 g/mol. The third-order valence-corrected chi connectivity index (χ3v) is 9.85. The molecule has 0 saturated heterocycles. The summed E-state index contributed by atoms with van der Waals surface area (Å²) in [6.07, 6.45) is 3.38. The highest BCUT2D eigenvalue weighted by Gasteiger charge is 2.12. The highest BCUT2D eigenvalue weighted by Crippen LogP contribution is 2.37. The quantitative estimate of drug-likeness (QED) is 0.103. The first-order valence-electron chi connectivity index (χ1n) is 13.9. The van der Waals surface area contributed by atoms with Crippen molar-refractivity contribution < 1.29 is 20.4 Å². The van der Waals surface area contributed by atoms with Crippen molar-refractivity contribution in [3.63, 3.8) is 0 Å². The molecule has 216 valence electrons. The van der Waals surface area contributed by atoms with Gasteiger partial charge in [-0.1, -0.05) is 60.3 Å². The molecule has 0 fully saturated rings. The normalized spacial score (nSPS) is 11.2. The summed E-state index contributed by atoms with van der Waals surface area (Å²) in [5.41, 5.74) is 7.06. The van der Waals surface area contributed by atoms with Crippen LogP contribution in [-0.2, 0) is 25.7 Å². The molecule has 0 amide bonds. The van der Waals surface area contributed by atoms with Gasteiger partial charge in [-0.2, -0.15) is 23.5 Å². The number of aliphatic hydroxyl groups is 2. The van der Waals surface area contributed by atoms with Crippen LogP contribution in [0.3, 0.4) is 0 Å². The van der Waals surface area contributed by atoms with Crippen molar-refractivity contribution in [2.24, 2.45) is 0 Å². The van der Waals surface area contributed by atoms with E-state index in [0.717, 1.165) is 56.8 Å². The second-order valence-corrected chi connectivity index (χ2v) is 13.4. The Hall–Kier alpha value is -2.55. The Balaban J connectivity index is 1.46. The van der Waals surface area contributed by atoms with Gasteiger partial charge in [-0.25, -0.2) is 0 Å². The van der Waals surface area contributed by atoms with Gasteiger partial charge < -0.3 is 20.4 Å². The standard InChI is InChI=1S/C34H38O4S3/c35-15-19-39-17-13-25-1-5-27(6-2-25)21-29-23-31(37)9-11-33(29)41-34-12-10-32(38)24-30(34)22-28-7-3-26(4-8-28)14-18-40-20-16-36/h1-12,23-24,35-38H,13-22H2. The molecule has 41 heavy (non-hydrogen) atoms. The number of hydrogen-bond acceptors (Lipinski definition) is 7. The number of phenols is 2. The molecule has 0 radical (unpaired) electrons. The molecule has 0 unspecified atom stereocenters. The Kier molecular flexibility index (Phi) is 12.8. The summed E-state index contributed by atoms with van der Waals surface area (Å²) in [7, 11) is 0. The van der Waals surface area contributed by atoms with Gasteiger partial charge in [-0.15, -0.1) is 0 Å². The van der Waals surface area contributed by atoms with Crippen molar-refractivity contribution >= 4 is 35.3 Å². The molecule has 0 aliphatic rings. The average Bonchev–Trinajstić information content (AvgIpc) is 2.98. The van der Waals surface area contributed by atoms with E-state index < -0.39 is 0 Å². The molecule has 4 N–H and O–H groups in total. The molecule has 7 heteroatoms. The largest absolute Gasteiger partial charge is 0.508 e. The van der Waals surface area contributed by atoms with Crippen LogP contribution in [0, 0.1) is 0 Å². The van der Waals surface area contributed by atoms with Crippen molar-refractivity contribution in [3.05, 3.63) is 118 Å². The molecule has 0 aliphatic heterocycles. The van der Waals surface area contributed by atoms with E-state index in [9.17, 15) is 10.2 Å². The zero-order valence-corrected chi connectivity index (χ0v) is 25.6. The van der Waals surface area contributed by atoms with Crippen LogP contribution in [0.2, 0.25) is 0 Å². The van der Waals surface area contributed by atoms with Crippen molar-refractivity contribution in [1.82, 2.24) is 0 Å². The van der Waals surface area contributed by atoms with Crippen molar-refractivity contribution in [2.75, 3.05) is 36.2 Å². The Morgan fingerprint density at radius 1 is 0.463 bits per heavy atom. The minimum absolute atomic E-state index is 0.221. The minimum Gasteiger partial charge on any atom is -0.508 e. The van der Waals surface area contributed by atoms with E-state index in [-0.39, 0.29) is 24.7 Å². The smallest absolute Gasteiger partial charge is 0.115 e. The highest BCUT2D eigenvalue weighted by molar-refractivity contribution is 7.99. The van der Waals surface area contributed by atoms with Gasteiger partial charge in [0, 0.05) is 21.3 Å². The molecule has 0 heterocycles. The first-order valence-corrected chi connectivity index (χ1v) is 17.0. The van der Waals surface area contributed by atoms with Gasteiger partial charge in [-0.3, -0.25) is 0 Å². The number of aryl methyl sites for hydroxylation is 2. The first-order chi connectivity index (χ1) is 20.0. The highest BCUT2D eigenvalue weighted by atomic mass is 32.2. The summed E-state index contributed by atoms with van der Waals surface area (Å²) in [5, 5.41) is 38.5. The van der Waals surface area contributed by atoms with E-state index in [1.165, 1.54) is 22.3 Å². The summed E-state index contributed by atoms with van der Waals surface area (Å²) < 4.78 is 0. The van der Waals surface area contributed by atoms with Crippen LogP contribution in [0.15, 0.2) is 94.7 Å². The maximum absolute atomic E-state index is 10.3. The third-order valence-electron chi connectivity index (χ3n) is 6.68. The maximum Gasteiger partial charge on any atom is 0.115 e. The zero-order valence-electron chi connectivity index (χ0n) is 23.2. The lowest BCUT2D eigenvalue weighted by Crippen LogP contribution is -1.96. The van der Waals surface area contributed by atoms with E-state index >= 15 is 0 Å². The van der Waals surface area contributed by atoms with Gasteiger partial charge >= 0.3 is 0 Å². The summed E-state index contributed by atoms with van der Waals surface area (Å²) in [6.45, 7) is 0.443. The number of aliphatic hydroxyl groups excluding tert-OH is 2. The number of aromatic hydroxyl groups is 2. The van der Waals surface area contributed by atoms with Gasteiger partial charge in [0.2, 0.25) is 0 Å². The molecule has 0 aliphatic carbocycles. The van der Waals surface area contributed by atoms with Gasteiger partial charge in [0.1, 0.15) is 11.5 Å². The number of thioether (sulfide) groups is 2. The predicted molar refractivity (Wildman–Crippen MR) is 175 cm³/mol. The molecule has 0 saturated carbocycles. The van der Waals surface area contributed by atoms with Crippen LogP contribution in [0.25, 0.3) is 0 Å². The summed E-state index contributed by atoms with van der Waals surface area (Å²) >= 11 is 5.19. The fourth-order valence-electron chi connectivity index (χ4n) is 4.53. The van der Waals surface area contributed by atoms with Crippen LogP contribution >= 0.6 is 35.3 Å². The average molecular weight is 607 g/mol. The van der Waals surface area contributed by atoms with Crippen LogP contribution in [0.4, 0.5) is 0 Å². The van der Waals surface area contributed by atoms with E-state index in [0.29, 0.717) is 12.8 Å². The Morgan fingerprint density at radius 2 is 0.854 bits per heavy atom. The number of benzene rings is 4. The van der Waals surface area contributed by atoms with Crippen molar-refractivity contribution in [1.29, 1.82) is 0 Å². The summed E-state index contributed by atoms with van der Waals surface area (Å²) in [4.78, 5) is 2.16. The van der Waals surface area contributed by atoms with Crippen LogP contribution in [-0.4, -0.2) is 56.7 Å². The van der Waals surface area contributed by atoms with Gasteiger partial charge in [0.25, 0.3) is 0 Å². The first kappa shape index (κ1) is 31.4. The monoisotopic (exact) mass is 606 g/mol. The fourth-order valence-corrected chi connectivity index (χ4v) is 6.99. The topological polar surface area (TPSA) is 80.9 Å². The van der Waals surface area contributed by atoms with Crippen molar-refractivity contribution in [2.45, 2.75) is 35.5 Å². The Morgan fingerprint density at radius 3 is 1.24 bits per heavy atom. The Labute approximate surface area is 256 Å². The molecule has 0 aromatic heterocycles. The lowest BCUT2D eigenvalue weighted by atomic mass is 10.0.